The van der Waals surface area contributed by atoms with E-state index in [0.29, 0.717) is 35.5 Å². The fourth-order valence-electron chi connectivity index (χ4n) is 2.77. The van der Waals surface area contributed by atoms with Gasteiger partial charge in [-0.2, -0.15) is 5.10 Å². The van der Waals surface area contributed by atoms with Crippen molar-refractivity contribution >= 4 is 39.7 Å². The Kier molecular flexibility index (Phi) is 9.15. The molecule has 3 aromatic rings. The van der Waals surface area contributed by atoms with Crippen LogP contribution < -0.4 is 19.6 Å². The van der Waals surface area contributed by atoms with Crippen molar-refractivity contribution in [1.82, 2.24) is 5.43 Å². The molecule has 0 heterocycles. The zero-order chi connectivity index (χ0) is 23.6. The molecule has 6 nitrogen and oxygen atoms in total. The number of benzene rings is 3. The number of rotatable bonds is 10. The lowest BCUT2D eigenvalue weighted by Crippen LogP contribution is -2.33. The number of nitrogens with zero attached hydrogens (tertiary/aromatic N) is 1. The van der Waals surface area contributed by atoms with Crippen molar-refractivity contribution in [3.05, 3.63) is 87.4 Å². The Bertz CT molecular complexity index is 1090. The van der Waals surface area contributed by atoms with Crippen molar-refractivity contribution in [2.45, 2.75) is 26.6 Å². The van der Waals surface area contributed by atoms with Gasteiger partial charge in [0.15, 0.2) is 17.6 Å². The summed E-state index contributed by atoms with van der Waals surface area (Å²) in [4.78, 5) is 12.3. The van der Waals surface area contributed by atoms with E-state index >= 15 is 0 Å². The SMILES string of the molecule is CCOc1cc(/C=N\NC(=O)[C@H](C)Oc2ccc(Br)cc2)ccc1OCc1ccc(Cl)cc1. The van der Waals surface area contributed by atoms with Gasteiger partial charge in [0.1, 0.15) is 12.4 Å². The van der Waals surface area contributed by atoms with Crippen molar-refractivity contribution in [3.63, 3.8) is 0 Å². The smallest absolute Gasteiger partial charge is 0.280 e. The highest BCUT2D eigenvalue weighted by Crippen LogP contribution is 2.29. The second-order valence-corrected chi connectivity index (χ2v) is 8.35. The van der Waals surface area contributed by atoms with Crippen molar-refractivity contribution in [3.8, 4) is 17.2 Å². The van der Waals surface area contributed by atoms with Crippen LogP contribution in [0, 0.1) is 0 Å². The normalized spacial score (nSPS) is 11.8. The second-order valence-electron chi connectivity index (χ2n) is 7.00. The summed E-state index contributed by atoms with van der Waals surface area (Å²) < 4.78 is 18.2. The van der Waals surface area contributed by atoms with E-state index in [9.17, 15) is 4.79 Å². The van der Waals surface area contributed by atoms with Crippen molar-refractivity contribution in [2.75, 3.05) is 6.61 Å². The Balaban J connectivity index is 1.57. The van der Waals surface area contributed by atoms with Gasteiger partial charge in [0.05, 0.1) is 12.8 Å². The molecular weight excluding hydrogens is 508 g/mol. The second kappa shape index (κ2) is 12.3. The summed E-state index contributed by atoms with van der Waals surface area (Å²) in [6.45, 7) is 4.43. The van der Waals surface area contributed by atoms with E-state index in [2.05, 4.69) is 26.5 Å². The van der Waals surface area contributed by atoms with Gasteiger partial charge in [0, 0.05) is 9.50 Å². The maximum absolute atomic E-state index is 12.3. The molecule has 1 amide bonds. The molecule has 0 radical (unpaired) electrons. The third kappa shape index (κ3) is 7.80. The summed E-state index contributed by atoms with van der Waals surface area (Å²) in [6.07, 6.45) is 0.835. The maximum Gasteiger partial charge on any atom is 0.280 e. The summed E-state index contributed by atoms with van der Waals surface area (Å²) in [6, 6.07) is 20.2. The number of hydrogen-bond donors (Lipinski definition) is 1. The minimum atomic E-state index is -0.703. The molecule has 0 saturated carbocycles. The predicted octanol–water partition coefficient (Wildman–Crippen LogP) is 6.00. The first kappa shape index (κ1) is 24.6. The molecule has 0 bridgehead atoms. The number of nitrogens with one attached hydrogen (secondary N) is 1. The van der Waals surface area contributed by atoms with Crippen LogP contribution in [-0.2, 0) is 11.4 Å². The molecule has 0 saturated heterocycles. The van der Waals surface area contributed by atoms with E-state index < -0.39 is 6.10 Å². The molecule has 172 valence electrons. The summed E-state index contributed by atoms with van der Waals surface area (Å²) in [5, 5.41) is 4.71. The van der Waals surface area contributed by atoms with Crippen LogP contribution in [0.2, 0.25) is 5.02 Å². The number of halogens is 2. The molecule has 1 atom stereocenters. The molecule has 0 aliphatic rings. The molecule has 0 aliphatic heterocycles. The van der Waals surface area contributed by atoms with Gasteiger partial charge in [-0.15, -0.1) is 0 Å². The number of hydrazone groups is 1. The van der Waals surface area contributed by atoms with Gasteiger partial charge < -0.3 is 14.2 Å². The number of amides is 1. The molecule has 0 spiro atoms. The van der Waals surface area contributed by atoms with E-state index in [1.807, 2.05) is 55.5 Å². The van der Waals surface area contributed by atoms with Crippen molar-refractivity contribution in [2.24, 2.45) is 5.10 Å². The molecule has 8 heteroatoms. The predicted molar refractivity (Wildman–Crippen MR) is 133 cm³/mol. The third-order valence-electron chi connectivity index (χ3n) is 4.46. The zero-order valence-corrected chi connectivity index (χ0v) is 20.6. The average Bonchev–Trinajstić information content (AvgIpc) is 2.81. The van der Waals surface area contributed by atoms with Gasteiger partial charge in [-0.3, -0.25) is 4.79 Å². The zero-order valence-electron chi connectivity index (χ0n) is 18.3. The van der Waals surface area contributed by atoms with E-state index in [1.165, 1.54) is 6.21 Å². The quantitative estimate of drug-likeness (QED) is 0.257. The Morgan fingerprint density at radius 3 is 2.48 bits per heavy atom. The fourth-order valence-corrected chi connectivity index (χ4v) is 3.16. The molecule has 0 fully saturated rings. The van der Waals surface area contributed by atoms with Crippen LogP contribution in [-0.4, -0.2) is 24.8 Å². The van der Waals surface area contributed by atoms with E-state index in [1.54, 1.807) is 25.1 Å². The molecule has 33 heavy (non-hydrogen) atoms. The minimum Gasteiger partial charge on any atom is -0.490 e. The standard InChI is InChI=1S/C25H24BrClN2O4/c1-3-31-24-14-19(6-13-23(24)32-16-18-4-9-21(27)10-5-18)15-28-29-25(30)17(2)33-22-11-7-20(26)8-12-22/h4-15,17H,3,16H2,1-2H3,(H,29,30)/b28-15-/t17-/m0/s1. The Labute approximate surface area is 206 Å². The van der Waals surface area contributed by atoms with Crippen LogP contribution >= 0.6 is 27.5 Å². The molecule has 3 rings (SSSR count). The van der Waals surface area contributed by atoms with E-state index in [-0.39, 0.29) is 5.91 Å². The first-order chi connectivity index (χ1) is 15.9. The van der Waals surface area contributed by atoms with Crippen LogP contribution in [0.1, 0.15) is 25.0 Å². The lowest BCUT2D eigenvalue weighted by atomic mass is 10.2. The van der Waals surface area contributed by atoms with Gasteiger partial charge >= 0.3 is 0 Å². The van der Waals surface area contributed by atoms with Gasteiger partial charge in [0.25, 0.3) is 5.91 Å². The third-order valence-corrected chi connectivity index (χ3v) is 5.24. The largest absolute Gasteiger partial charge is 0.490 e. The van der Waals surface area contributed by atoms with Gasteiger partial charge in [0.2, 0.25) is 0 Å². The monoisotopic (exact) mass is 530 g/mol. The minimum absolute atomic E-state index is 0.359. The molecule has 0 aromatic heterocycles. The van der Waals surface area contributed by atoms with Gasteiger partial charge in [-0.05, 0) is 79.6 Å². The van der Waals surface area contributed by atoms with Crippen molar-refractivity contribution < 1.29 is 19.0 Å². The molecular formula is C25H24BrClN2O4. The summed E-state index contributed by atoms with van der Waals surface area (Å²) in [7, 11) is 0. The molecule has 0 aliphatic carbocycles. The topological polar surface area (TPSA) is 69.2 Å². The van der Waals surface area contributed by atoms with E-state index in [0.717, 1.165) is 15.6 Å². The van der Waals surface area contributed by atoms with Gasteiger partial charge in [-0.1, -0.05) is 39.7 Å². The molecule has 1 N–H and O–H groups in total. The molecule has 0 unspecified atom stereocenters. The first-order valence-electron chi connectivity index (χ1n) is 10.3. The number of carbonyl (C=O) groups is 1. The van der Waals surface area contributed by atoms with Crippen molar-refractivity contribution in [1.29, 1.82) is 0 Å². The number of ether oxygens (including phenoxy) is 3. The number of carbonyl (C=O) groups excluding carboxylic acids is 1. The van der Waals surface area contributed by atoms with Crippen LogP contribution in [0.5, 0.6) is 17.2 Å². The Hall–Kier alpha value is -3.03. The Morgan fingerprint density at radius 1 is 1.06 bits per heavy atom. The average molecular weight is 532 g/mol. The maximum atomic E-state index is 12.3. The highest BCUT2D eigenvalue weighted by atomic mass is 79.9. The van der Waals surface area contributed by atoms with Crippen LogP contribution in [0.15, 0.2) is 76.3 Å². The summed E-state index contributed by atoms with van der Waals surface area (Å²) in [5.41, 5.74) is 4.24. The molecule has 3 aromatic carbocycles. The van der Waals surface area contributed by atoms with Gasteiger partial charge in [-0.25, -0.2) is 5.43 Å². The van der Waals surface area contributed by atoms with Crippen LogP contribution in [0.4, 0.5) is 0 Å². The lowest BCUT2D eigenvalue weighted by Gasteiger charge is -2.13. The summed E-state index contributed by atoms with van der Waals surface area (Å²) >= 11 is 9.29. The number of hydrogen-bond acceptors (Lipinski definition) is 5. The highest BCUT2D eigenvalue weighted by molar-refractivity contribution is 9.10. The Morgan fingerprint density at radius 2 is 1.79 bits per heavy atom. The van der Waals surface area contributed by atoms with E-state index in [4.69, 9.17) is 25.8 Å². The van der Waals surface area contributed by atoms with Crippen LogP contribution in [0.3, 0.4) is 0 Å². The van der Waals surface area contributed by atoms with Crippen LogP contribution in [0.25, 0.3) is 0 Å². The summed E-state index contributed by atoms with van der Waals surface area (Å²) in [5.74, 6) is 1.45. The fraction of sp³-hybridized carbons (Fsp3) is 0.200. The first-order valence-corrected chi connectivity index (χ1v) is 11.5. The lowest BCUT2D eigenvalue weighted by molar-refractivity contribution is -0.127. The highest BCUT2D eigenvalue weighted by Gasteiger charge is 2.14.